The van der Waals surface area contributed by atoms with E-state index in [1.165, 1.54) is 4.88 Å². The SMILES string of the molecule is Cc1nc(OC2CC(CN)C2)sc1C. The molecule has 0 aliphatic heterocycles. The Labute approximate surface area is 88.3 Å². The van der Waals surface area contributed by atoms with Gasteiger partial charge < -0.3 is 10.5 Å². The van der Waals surface area contributed by atoms with Crippen LogP contribution < -0.4 is 10.5 Å². The third-order valence-corrected chi connectivity index (χ3v) is 3.77. The van der Waals surface area contributed by atoms with E-state index < -0.39 is 0 Å². The smallest absolute Gasteiger partial charge is 0.273 e. The van der Waals surface area contributed by atoms with E-state index in [0.29, 0.717) is 12.0 Å². The highest BCUT2D eigenvalue weighted by molar-refractivity contribution is 7.13. The summed E-state index contributed by atoms with van der Waals surface area (Å²) in [5, 5.41) is 0.820. The highest BCUT2D eigenvalue weighted by atomic mass is 32.1. The Balaban J connectivity index is 1.87. The second-order valence-corrected chi connectivity index (χ2v) is 5.10. The number of aromatic nitrogens is 1. The van der Waals surface area contributed by atoms with E-state index in [0.717, 1.165) is 30.3 Å². The monoisotopic (exact) mass is 212 g/mol. The van der Waals surface area contributed by atoms with Crippen LogP contribution in [-0.4, -0.2) is 17.6 Å². The van der Waals surface area contributed by atoms with Crippen molar-refractivity contribution in [1.29, 1.82) is 0 Å². The number of nitrogens with zero attached hydrogens (tertiary/aromatic N) is 1. The molecule has 1 fully saturated rings. The summed E-state index contributed by atoms with van der Waals surface area (Å²) in [7, 11) is 0. The van der Waals surface area contributed by atoms with Gasteiger partial charge in [-0.25, -0.2) is 4.98 Å². The first-order valence-corrected chi connectivity index (χ1v) is 5.81. The van der Waals surface area contributed by atoms with Gasteiger partial charge in [0.2, 0.25) is 0 Å². The molecular weight excluding hydrogens is 196 g/mol. The Morgan fingerprint density at radius 2 is 2.21 bits per heavy atom. The van der Waals surface area contributed by atoms with Gasteiger partial charge in [-0.15, -0.1) is 0 Å². The van der Waals surface area contributed by atoms with Crippen LogP contribution in [0, 0.1) is 19.8 Å². The van der Waals surface area contributed by atoms with E-state index in [1.54, 1.807) is 11.3 Å². The molecule has 3 nitrogen and oxygen atoms in total. The zero-order chi connectivity index (χ0) is 10.1. The van der Waals surface area contributed by atoms with Gasteiger partial charge in [-0.3, -0.25) is 0 Å². The van der Waals surface area contributed by atoms with Crippen LogP contribution in [0.2, 0.25) is 0 Å². The van der Waals surface area contributed by atoms with Gasteiger partial charge in [0.05, 0.1) is 5.69 Å². The van der Waals surface area contributed by atoms with Crippen LogP contribution >= 0.6 is 11.3 Å². The summed E-state index contributed by atoms with van der Waals surface area (Å²) in [6.45, 7) is 4.88. The van der Waals surface area contributed by atoms with Crippen molar-refractivity contribution in [3.8, 4) is 5.19 Å². The normalized spacial score (nSPS) is 25.9. The molecule has 0 radical (unpaired) electrons. The number of hydrogen-bond donors (Lipinski definition) is 1. The maximum Gasteiger partial charge on any atom is 0.273 e. The molecule has 4 heteroatoms. The van der Waals surface area contributed by atoms with Gasteiger partial charge in [0, 0.05) is 4.88 Å². The number of nitrogens with two attached hydrogens (primary N) is 1. The molecule has 0 amide bonds. The average Bonchev–Trinajstić information content (AvgIpc) is 2.38. The third kappa shape index (κ3) is 1.91. The van der Waals surface area contributed by atoms with Crippen LogP contribution in [0.5, 0.6) is 5.19 Å². The zero-order valence-electron chi connectivity index (χ0n) is 8.62. The second kappa shape index (κ2) is 3.87. The number of rotatable bonds is 3. The molecule has 0 unspecified atom stereocenters. The van der Waals surface area contributed by atoms with Crippen molar-refractivity contribution >= 4 is 11.3 Å². The van der Waals surface area contributed by atoms with E-state index in [-0.39, 0.29) is 0 Å². The van der Waals surface area contributed by atoms with Crippen LogP contribution in [-0.2, 0) is 0 Å². The summed E-state index contributed by atoms with van der Waals surface area (Å²) >= 11 is 1.64. The summed E-state index contributed by atoms with van der Waals surface area (Å²) in [5.41, 5.74) is 6.63. The second-order valence-electron chi connectivity index (χ2n) is 3.93. The van der Waals surface area contributed by atoms with Gasteiger partial charge in [0.15, 0.2) is 0 Å². The molecule has 1 heterocycles. The molecule has 1 aliphatic carbocycles. The molecule has 1 aromatic heterocycles. The van der Waals surface area contributed by atoms with Crippen LogP contribution in [0.15, 0.2) is 0 Å². The van der Waals surface area contributed by atoms with E-state index in [1.807, 2.05) is 6.92 Å². The Morgan fingerprint density at radius 1 is 1.50 bits per heavy atom. The standard InChI is InChI=1S/C10H16N2OS/c1-6-7(2)14-10(12-6)13-9-3-8(4-9)5-11/h8-9H,3-5,11H2,1-2H3. The Bertz CT molecular complexity index is 298. The molecular formula is C10H16N2OS. The van der Waals surface area contributed by atoms with Crippen molar-refractivity contribution < 1.29 is 4.74 Å². The number of hydrogen-bond acceptors (Lipinski definition) is 4. The summed E-state index contributed by atoms with van der Waals surface area (Å²) in [6, 6.07) is 0. The lowest BCUT2D eigenvalue weighted by Gasteiger charge is -2.33. The summed E-state index contributed by atoms with van der Waals surface area (Å²) < 4.78 is 5.74. The maximum absolute atomic E-state index is 5.74. The quantitative estimate of drug-likeness (QED) is 0.832. The third-order valence-electron chi connectivity index (χ3n) is 2.80. The molecule has 0 atom stereocenters. The van der Waals surface area contributed by atoms with E-state index in [4.69, 9.17) is 10.5 Å². The van der Waals surface area contributed by atoms with Crippen molar-refractivity contribution in [2.75, 3.05) is 6.54 Å². The predicted molar refractivity (Wildman–Crippen MR) is 57.8 cm³/mol. The van der Waals surface area contributed by atoms with Crippen molar-refractivity contribution in [3.63, 3.8) is 0 Å². The van der Waals surface area contributed by atoms with E-state index >= 15 is 0 Å². The topological polar surface area (TPSA) is 48.1 Å². The first-order chi connectivity index (χ1) is 6.69. The van der Waals surface area contributed by atoms with Gasteiger partial charge in [0.1, 0.15) is 6.10 Å². The number of thiazole rings is 1. The van der Waals surface area contributed by atoms with Crippen molar-refractivity contribution in [3.05, 3.63) is 10.6 Å². The van der Waals surface area contributed by atoms with Gasteiger partial charge in [-0.1, -0.05) is 11.3 Å². The molecule has 0 saturated heterocycles. The highest BCUT2D eigenvalue weighted by Gasteiger charge is 2.30. The zero-order valence-corrected chi connectivity index (χ0v) is 9.43. The molecule has 0 spiro atoms. The lowest BCUT2D eigenvalue weighted by Crippen LogP contribution is -2.37. The summed E-state index contributed by atoms with van der Waals surface area (Å²) in [5.74, 6) is 0.669. The van der Waals surface area contributed by atoms with Gasteiger partial charge >= 0.3 is 0 Å². The average molecular weight is 212 g/mol. The lowest BCUT2D eigenvalue weighted by molar-refractivity contribution is 0.0687. The minimum absolute atomic E-state index is 0.355. The Morgan fingerprint density at radius 3 is 2.71 bits per heavy atom. The Hall–Kier alpha value is -0.610. The maximum atomic E-state index is 5.74. The van der Waals surface area contributed by atoms with Crippen molar-refractivity contribution in [1.82, 2.24) is 4.98 Å². The summed E-state index contributed by atoms with van der Waals surface area (Å²) in [6.07, 6.45) is 2.54. The predicted octanol–water partition coefficient (Wildman–Crippen LogP) is 1.88. The number of ether oxygens (including phenoxy) is 1. The molecule has 14 heavy (non-hydrogen) atoms. The van der Waals surface area contributed by atoms with Crippen molar-refractivity contribution in [2.45, 2.75) is 32.8 Å². The molecule has 0 aromatic carbocycles. The minimum atomic E-state index is 0.355. The fraction of sp³-hybridized carbons (Fsp3) is 0.700. The lowest BCUT2D eigenvalue weighted by atomic mass is 9.82. The van der Waals surface area contributed by atoms with Crippen LogP contribution in [0.3, 0.4) is 0 Å². The fourth-order valence-electron chi connectivity index (χ4n) is 1.60. The van der Waals surface area contributed by atoms with Gasteiger partial charge in [-0.05, 0) is 39.2 Å². The molecule has 2 N–H and O–H groups in total. The number of aryl methyl sites for hydroxylation is 2. The van der Waals surface area contributed by atoms with E-state index in [2.05, 4.69) is 11.9 Å². The molecule has 1 aromatic rings. The van der Waals surface area contributed by atoms with Crippen molar-refractivity contribution in [2.24, 2.45) is 11.7 Å². The first-order valence-electron chi connectivity index (χ1n) is 4.99. The van der Waals surface area contributed by atoms with Crippen LogP contribution in [0.1, 0.15) is 23.4 Å². The summed E-state index contributed by atoms with van der Waals surface area (Å²) in [4.78, 5) is 5.59. The molecule has 1 saturated carbocycles. The van der Waals surface area contributed by atoms with Crippen LogP contribution in [0.25, 0.3) is 0 Å². The van der Waals surface area contributed by atoms with Gasteiger partial charge in [-0.2, -0.15) is 0 Å². The first kappa shape index (κ1) is 9.93. The molecule has 2 rings (SSSR count). The fourth-order valence-corrected chi connectivity index (χ4v) is 2.42. The Kier molecular flexibility index (Phi) is 2.74. The minimum Gasteiger partial charge on any atom is -0.467 e. The van der Waals surface area contributed by atoms with Gasteiger partial charge in [0.25, 0.3) is 5.19 Å². The largest absolute Gasteiger partial charge is 0.467 e. The molecule has 78 valence electrons. The highest BCUT2D eigenvalue weighted by Crippen LogP contribution is 2.32. The molecule has 0 bridgehead atoms. The van der Waals surface area contributed by atoms with Crippen LogP contribution in [0.4, 0.5) is 0 Å². The van der Waals surface area contributed by atoms with E-state index in [9.17, 15) is 0 Å². The molecule has 1 aliphatic rings.